The van der Waals surface area contributed by atoms with Gasteiger partial charge in [-0.3, -0.25) is 14.5 Å². The molecule has 1 aliphatic carbocycles. The molecule has 1 amide bonds. The average Bonchev–Trinajstić information content (AvgIpc) is 2.96. The number of fused-ring (bicyclic) bond motifs is 2. The zero-order valence-electron chi connectivity index (χ0n) is 25.4. The van der Waals surface area contributed by atoms with Gasteiger partial charge in [-0.15, -0.1) is 0 Å². The quantitative estimate of drug-likeness (QED) is 0.317. The summed E-state index contributed by atoms with van der Waals surface area (Å²) in [5, 5.41) is 4.74. The Morgan fingerprint density at radius 2 is 1.70 bits per heavy atom. The molecule has 0 bridgehead atoms. The smallest absolute Gasteiger partial charge is 0.325 e. The molecule has 5 rings (SSSR count). The predicted octanol–water partition coefficient (Wildman–Crippen LogP) is 5.40. The van der Waals surface area contributed by atoms with Crippen LogP contribution in [-0.4, -0.2) is 49.9 Å². The molecule has 1 saturated heterocycles. The summed E-state index contributed by atoms with van der Waals surface area (Å²) in [4.78, 5) is 29.1. The number of aryl methyl sites for hydroxylation is 1. The molecule has 0 radical (unpaired) electrons. The van der Waals surface area contributed by atoms with Crippen LogP contribution in [0.5, 0.6) is 0 Å². The SMILES string of the molecule is CC(C)(C)OC(=O)[C@@H](CC(=O)NC1CCCc2cc(CN3CCCCC3)ccc21)NS(=O)(=O)c1ccc2ccccc2c1. The molecule has 230 valence electrons. The maximum atomic E-state index is 13.4. The van der Waals surface area contributed by atoms with Crippen molar-refractivity contribution in [2.24, 2.45) is 0 Å². The lowest BCUT2D eigenvalue weighted by molar-refractivity contribution is -0.158. The van der Waals surface area contributed by atoms with E-state index in [1.165, 1.54) is 36.5 Å². The third-order valence-electron chi connectivity index (χ3n) is 8.12. The van der Waals surface area contributed by atoms with Crippen molar-refractivity contribution in [3.05, 3.63) is 77.4 Å². The van der Waals surface area contributed by atoms with Crippen molar-refractivity contribution in [3.8, 4) is 0 Å². The number of hydrogen-bond donors (Lipinski definition) is 2. The molecule has 3 aromatic carbocycles. The Balaban J connectivity index is 1.30. The first-order valence-corrected chi connectivity index (χ1v) is 16.8. The molecule has 2 N–H and O–H groups in total. The van der Waals surface area contributed by atoms with E-state index < -0.39 is 33.5 Å². The van der Waals surface area contributed by atoms with E-state index in [9.17, 15) is 18.0 Å². The van der Waals surface area contributed by atoms with Gasteiger partial charge in [-0.25, -0.2) is 8.42 Å². The molecule has 1 aliphatic heterocycles. The van der Waals surface area contributed by atoms with Crippen LogP contribution in [0.25, 0.3) is 10.8 Å². The number of ether oxygens (including phenoxy) is 1. The van der Waals surface area contributed by atoms with Gasteiger partial charge >= 0.3 is 5.97 Å². The lowest BCUT2D eigenvalue weighted by Crippen LogP contribution is -2.47. The highest BCUT2D eigenvalue weighted by Crippen LogP contribution is 2.31. The van der Waals surface area contributed by atoms with Gasteiger partial charge in [0.25, 0.3) is 0 Å². The standard InChI is InChI=1S/C34H43N3O5S/c1-34(2,3)42-33(39)31(36-43(40,41)28-16-15-25-10-5-6-11-26(25)21-28)22-32(38)35-30-13-9-12-27-20-24(14-17-29(27)30)23-37-18-7-4-8-19-37/h5-6,10-11,14-17,20-21,30-31,36H,4,7-9,12-13,18-19,22-23H2,1-3H3,(H,35,38)/t30?,31-/m1/s1. The summed E-state index contributed by atoms with van der Waals surface area (Å²) in [6.07, 6.45) is 6.12. The van der Waals surface area contributed by atoms with E-state index in [1.807, 2.05) is 24.3 Å². The van der Waals surface area contributed by atoms with Crippen LogP contribution in [0, 0.1) is 0 Å². The average molecular weight is 606 g/mol. The van der Waals surface area contributed by atoms with Crippen LogP contribution in [0.4, 0.5) is 0 Å². The number of carbonyl (C=O) groups is 2. The first-order chi connectivity index (χ1) is 20.5. The summed E-state index contributed by atoms with van der Waals surface area (Å²) >= 11 is 0. The summed E-state index contributed by atoms with van der Waals surface area (Å²) in [6, 6.07) is 17.2. The Kier molecular flexibility index (Phi) is 9.54. The maximum absolute atomic E-state index is 13.4. The minimum Gasteiger partial charge on any atom is -0.459 e. The van der Waals surface area contributed by atoms with Gasteiger partial charge in [0.1, 0.15) is 11.6 Å². The number of nitrogens with one attached hydrogen (secondary N) is 2. The van der Waals surface area contributed by atoms with Gasteiger partial charge in [-0.05, 0) is 106 Å². The highest BCUT2D eigenvalue weighted by atomic mass is 32.2. The summed E-state index contributed by atoms with van der Waals surface area (Å²) in [6.45, 7) is 8.34. The Hall–Kier alpha value is -3.27. The molecule has 9 heteroatoms. The Labute approximate surface area is 255 Å². The number of esters is 1. The van der Waals surface area contributed by atoms with Crippen LogP contribution >= 0.6 is 0 Å². The van der Waals surface area contributed by atoms with Gasteiger partial charge in [0, 0.05) is 6.54 Å². The number of carbonyl (C=O) groups excluding carboxylic acids is 2. The number of piperidine rings is 1. The molecular weight excluding hydrogens is 562 g/mol. The van der Waals surface area contributed by atoms with E-state index in [0.717, 1.165) is 55.2 Å². The van der Waals surface area contributed by atoms with Crippen molar-refractivity contribution in [1.29, 1.82) is 0 Å². The number of rotatable bonds is 9. The number of sulfonamides is 1. The summed E-state index contributed by atoms with van der Waals surface area (Å²) < 4.78 is 34.8. The summed E-state index contributed by atoms with van der Waals surface area (Å²) in [5.41, 5.74) is 2.77. The Bertz CT molecular complexity index is 1570. The zero-order valence-corrected chi connectivity index (χ0v) is 26.2. The lowest BCUT2D eigenvalue weighted by Gasteiger charge is -2.30. The van der Waals surface area contributed by atoms with Crippen LogP contribution in [0.15, 0.2) is 65.6 Å². The van der Waals surface area contributed by atoms with E-state index in [-0.39, 0.29) is 17.4 Å². The van der Waals surface area contributed by atoms with Crippen LogP contribution in [-0.2, 0) is 37.3 Å². The number of benzene rings is 3. The van der Waals surface area contributed by atoms with Gasteiger partial charge in [-0.1, -0.05) is 55.0 Å². The topological polar surface area (TPSA) is 105 Å². The molecule has 1 fully saturated rings. The molecule has 1 heterocycles. The van der Waals surface area contributed by atoms with Crippen molar-refractivity contribution in [1.82, 2.24) is 14.9 Å². The molecule has 2 aliphatic rings. The molecule has 0 aromatic heterocycles. The fraction of sp³-hybridized carbons (Fsp3) is 0.471. The van der Waals surface area contributed by atoms with E-state index >= 15 is 0 Å². The highest BCUT2D eigenvalue weighted by molar-refractivity contribution is 7.89. The summed E-state index contributed by atoms with van der Waals surface area (Å²) in [7, 11) is -4.13. The van der Waals surface area contributed by atoms with Crippen LogP contribution in [0.1, 0.15) is 82.0 Å². The molecule has 0 saturated carbocycles. The molecule has 0 spiro atoms. The second kappa shape index (κ2) is 13.2. The normalized spacial score (nSPS) is 18.5. The fourth-order valence-corrected chi connectivity index (χ4v) is 7.29. The van der Waals surface area contributed by atoms with E-state index in [2.05, 4.69) is 33.1 Å². The van der Waals surface area contributed by atoms with E-state index in [4.69, 9.17) is 4.74 Å². The molecule has 43 heavy (non-hydrogen) atoms. The lowest BCUT2D eigenvalue weighted by atomic mass is 9.86. The Morgan fingerprint density at radius 1 is 0.953 bits per heavy atom. The van der Waals surface area contributed by atoms with Crippen molar-refractivity contribution in [2.45, 2.75) is 94.8 Å². The number of amides is 1. The first kappa shape index (κ1) is 31.2. The van der Waals surface area contributed by atoms with Crippen molar-refractivity contribution < 1.29 is 22.7 Å². The third-order valence-corrected chi connectivity index (χ3v) is 9.59. The summed E-state index contributed by atoms with van der Waals surface area (Å²) in [5.74, 6) is -1.20. The molecule has 1 unspecified atom stereocenters. The number of nitrogens with zero attached hydrogens (tertiary/aromatic N) is 1. The second-order valence-corrected chi connectivity index (χ2v) is 14.5. The first-order valence-electron chi connectivity index (χ1n) is 15.3. The monoisotopic (exact) mass is 605 g/mol. The van der Waals surface area contributed by atoms with Crippen molar-refractivity contribution >= 4 is 32.7 Å². The van der Waals surface area contributed by atoms with E-state index in [0.29, 0.717) is 0 Å². The number of hydrogen-bond acceptors (Lipinski definition) is 6. The van der Waals surface area contributed by atoms with Gasteiger partial charge in [0.05, 0.1) is 17.4 Å². The van der Waals surface area contributed by atoms with Crippen molar-refractivity contribution in [2.75, 3.05) is 13.1 Å². The minimum atomic E-state index is -4.13. The molecule has 3 aromatic rings. The van der Waals surface area contributed by atoms with Gasteiger partial charge in [0.15, 0.2) is 0 Å². The minimum absolute atomic E-state index is 0.0155. The van der Waals surface area contributed by atoms with Crippen LogP contribution in [0.3, 0.4) is 0 Å². The fourth-order valence-electron chi connectivity index (χ4n) is 6.07. The van der Waals surface area contributed by atoms with Gasteiger partial charge in [-0.2, -0.15) is 4.72 Å². The second-order valence-electron chi connectivity index (χ2n) is 12.8. The molecule has 8 nitrogen and oxygen atoms in total. The number of likely N-dealkylation sites (tertiary alicyclic amines) is 1. The van der Waals surface area contributed by atoms with Crippen LogP contribution in [0.2, 0.25) is 0 Å². The predicted molar refractivity (Wildman–Crippen MR) is 168 cm³/mol. The van der Waals surface area contributed by atoms with Gasteiger partial charge in [0.2, 0.25) is 15.9 Å². The van der Waals surface area contributed by atoms with Gasteiger partial charge < -0.3 is 10.1 Å². The Morgan fingerprint density at radius 3 is 2.44 bits per heavy atom. The van der Waals surface area contributed by atoms with Crippen molar-refractivity contribution in [3.63, 3.8) is 0 Å². The molecule has 2 atom stereocenters. The largest absolute Gasteiger partial charge is 0.459 e. The maximum Gasteiger partial charge on any atom is 0.325 e. The zero-order chi connectivity index (χ0) is 30.6. The highest BCUT2D eigenvalue weighted by Gasteiger charge is 2.33. The van der Waals surface area contributed by atoms with Crippen LogP contribution < -0.4 is 10.0 Å². The van der Waals surface area contributed by atoms with E-state index in [1.54, 1.807) is 32.9 Å². The third kappa shape index (κ3) is 8.22. The molecular formula is C34H43N3O5S.